The van der Waals surface area contributed by atoms with Crippen molar-refractivity contribution >= 4 is 35.0 Å². The van der Waals surface area contributed by atoms with Crippen LogP contribution < -0.4 is 4.90 Å². The van der Waals surface area contributed by atoms with Gasteiger partial charge in [-0.25, -0.2) is 4.79 Å². The van der Waals surface area contributed by atoms with Gasteiger partial charge in [0.1, 0.15) is 5.54 Å². The van der Waals surface area contributed by atoms with E-state index in [9.17, 15) is 9.59 Å². The molecule has 1 spiro atoms. The Hall–Kier alpha value is -1.95. The predicted octanol–water partition coefficient (Wildman–Crippen LogP) is 3.48. The molecule has 2 amide bonds. The SMILES string of the molecule is CCOC(=O)N1C(=O)C2(CCCCC2)N(c2ccccc2)C1=S. The highest BCUT2D eigenvalue weighted by molar-refractivity contribution is 7.80. The summed E-state index contributed by atoms with van der Waals surface area (Å²) in [6.07, 6.45) is 3.74. The second-order valence-electron chi connectivity index (χ2n) is 5.89. The minimum absolute atomic E-state index is 0.212. The zero-order valence-electron chi connectivity index (χ0n) is 13.2. The summed E-state index contributed by atoms with van der Waals surface area (Å²) < 4.78 is 5.04. The molecule has 122 valence electrons. The average Bonchev–Trinajstić information content (AvgIpc) is 2.76. The summed E-state index contributed by atoms with van der Waals surface area (Å²) in [5, 5.41) is 0.224. The third-order valence-electron chi connectivity index (χ3n) is 4.56. The van der Waals surface area contributed by atoms with E-state index in [-0.39, 0.29) is 17.6 Å². The molecule has 1 aliphatic carbocycles. The van der Waals surface area contributed by atoms with Crippen molar-refractivity contribution in [3.8, 4) is 0 Å². The number of benzene rings is 1. The molecule has 0 unspecified atom stereocenters. The topological polar surface area (TPSA) is 49.9 Å². The molecule has 1 aromatic rings. The second kappa shape index (κ2) is 6.28. The fraction of sp³-hybridized carbons (Fsp3) is 0.471. The van der Waals surface area contributed by atoms with Gasteiger partial charge < -0.3 is 9.64 Å². The van der Waals surface area contributed by atoms with Crippen LogP contribution in [0.15, 0.2) is 30.3 Å². The van der Waals surface area contributed by atoms with Crippen molar-refractivity contribution in [3.63, 3.8) is 0 Å². The van der Waals surface area contributed by atoms with Crippen molar-refractivity contribution < 1.29 is 14.3 Å². The molecule has 0 bridgehead atoms. The molecule has 1 saturated heterocycles. The number of rotatable bonds is 2. The van der Waals surface area contributed by atoms with Crippen LogP contribution in [0.1, 0.15) is 39.0 Å². The molecule has 5 nitrogen and oxygen atoms in total. The number of imide groups is 1. The molecular weight excluding hydrogens is 312 g/mol. The fourth-order valence-electron chi connectivity index (χ4n) is 3.53. The molecule has 6 heteroatoms. The van der Waals surface area contributed by atoms with Crippen molar-refractivity contribution in [2.45, 2.75) is 44.6 Å². The molecular formula is C17H20N2O3S. The van der Waals surface area contributed by atoms with Crippen LogP contribution in [0.4, 0.5) is 10.5 Å². The number of carbonyl (C=O) groups excluding carboxylic acids is 2. The van der Waals surface area contributed by atoms with Crippen LogP contribution in [0.5, 0.6) is 0 Å². The van der Waals surface area contributed by atoms with Crippen molar-refractivity contribution in [2.24, 2.45) is 0 Å². The highest BCUT2D eigenvalue weighted by atomic mass is 32.1. The lowest BCUT2D eigenvalue weighted by Gasteiger charge is -2.39. The minimum Gasteiger partial charge on any atom is -0.449 e. The van der Waals surface area contributed by atoms with Gasteiger partial charge in [-0.15, -0.1) is 0 Å². The number of hydrogen-bond acceptors (Lipinski definition) is 4. The molecule has 1 heterocycles. The average molecular weight is 332 g/mol. The number of carbonyl (C=O) groups is 2. The number of anilines is 1. The van der Waals surface area contributed by atoms with E-state index in [4.69, 9.17) is 17.0 Å². The lowest BCUT2D eigenvalue weighted by Crippen LogP contribution is -2.51. The van der Waals surface area contributed by atoms with E-state index in [0.29, 0.717) is 12.8 Å². The molecule has 23 heavy (non-hydrogen) atoms. The van der Waals surface area contributed by atoms with Gasteiger partial charge in [-0.3, -0.25) is 4.79 Å². The molecule has 1 saturated carbocycles. The van der Waals surface area contributed by atoms with Gasteiger partial charge in [0.25, 0.3) is 5.91 Å². The Bertz CT molecular complexity index is 626. The smallest absolute Gasteiger partial charge is 0.423 e. The molecule has 1 aliphatic heterocycles. The molecule has 2 aliphatic rings. The third-order valence-corrected chi connectivity index (χ3v) is 4.92. The minimum atomic E-state index is -0.747. The summed E-state index contributed by atoms with van der Waals surface area (Å²) in [5.41, 5.74) is 0.100. The van der Waals surface area contributed by atoms with Gasteiger partial charge in [0.05, 0.1) is 6.61 Å². The highest BCUT2D eigenvalue weighted by Crippen LogP contribution is 2.43. The Morgan fingerprint density at radius 3 is 2.48 bits per heavy atom. The van der Waals surface area contributed by atoms with Crippen LogP contribution in [0.3, 0.4) is 0 Å². The van der Waals surface area contributed by atoms with Gasteiger partial charge in [-0.1, -0.05) is 37.5 Å². The maximum absolute atomic E-state index is 13.1. The van der Waals surface area contributed by atoms with Crippen molar-refractivity contribution in [1.82, 2.24) is 4.90 Å². The zero-order chi connectivity index (χ0) is 16.4. The Balaban J connectivity index is 2.05. The van der Waals surface area contributed by atoms with Gasteiger partial charge in [-0.05, 0) is 44.1 Å². The number of nitrogens with zero attached hydrogens (tertiary/aromatic N) is 2. The molecule has 1 aromatic carbocycles. The Morgan fingerprint density at radius 2 is 1.87 bits per heavy atom. The van der Waals surface area contributed by atoms with Crippen molar-refractivity contribution in [1.29, 1.82) is 0 Å². The van der Waals surface area contributed by atoms with E-state index in [1.807, 2.05) is 35.2 Å². The summed E-state index contributed by atoms with van der Waals surface area (Å²) >= 11 is 5.50. The first kappa shape index (κ1) is 15.9. The number of ether oxygens (including phenoxy) is 1. The molecule has 0 N–H and O–H groups in total. The summed E-state index contributed by atoms with van der Waals surface area (Å²) in [6.45, 7) is 1.93. The van der Waals surface area contributed by atoms with Crippen LogP contribution in [-0.4, -0.2) is 34.2 Å². The second-order valence-corrected chi connectivity index (χ2v) is 6.25. The Kier molecular flexibility index (Phi) is 4.35. The number of hydrogen-bond donors (Lipinski definition) is 0. The normalized spacial score (nSPS) is 20.2. The number of amides is 2. The largest absolute Gasteiger partial charge is 0.449 e. The van der Waals surface area contributed by atoms with E-state index in [0.717, 1.165) is 29.8 Å². The number of para-hydroxylation sites is 1. The first-order valence-electron chi connectivity index (χ1n) is 8.02. The summed E-state index contributed by atoms with van der Waals surface area (Å²) in [5.74, 6) is -0.246. The van der Waals surface area contributed by atoms with E-state index in [1.54, 1.807) is 6.92 Å². The summed E-state index contributed by atoms with van der Waals surface area (Å²) in [4.78, 5) is 28.2. The lowest BCUT2D eigenvalue weighted by molar-refractivity contribution is -0.130. The van der Waals surface area contributed by atoms with E-state index >= 15 is 0 Å². The van der Waals surface area contributed by atoms with Gasteiger partial charge in [0, 0.05) is 5.69 Å². The van der Waals surface area contributed by atoms with E-state index in [1.165, 1.54) is 0 Å². The van der Waals surface area contributed by atoms with Crippen molar-refractivity contribution in [3.05, 3.63) is 30.3 Å². The van der Waals surface area contributed by atoms with E-state index < -0.39 is 11.6 Å². The van der Waals surface area contributed by atoms with Crippen molar-refractivity contribution in [2.75, 3.05) is 11.5 Å². The molecule has 2 fully saturated rings. The standard InChI is InChI=1S/C17H20N2O3S/c1-2-22-16(21)18-14(20)17(11-7-4-8-12-17)19(15(18)23)13-9-5-3-6-10-13/h3,5-6,9-10H,2,4,7-8,11-12H2,1H3. The molecule has 0 radical (unpaired) electrons. The van der Waals surface area contributed by atoms with Crippen LogP contribution in [0, 0.1) is 0 Å². The van der Waals surface area contributed by atoms with Crippen LogP contribution in [0.25, 0.3) is 0 Å². The molecule has 3 rings (SSSR count). The number of thiocarbonyl (C=S) groups is 1. The first-order chi connectivity index (χ1) is 11.1. The summed E-state index contributed by atoms with van der Waals surface area (Å²) in [6, 6.07) is 9.58. The van der Waals surface area contributed by atoms with Crippen LogP contribution >= 0.6 is 12.2 Å². The Labute approximate surface area is 141 Å². The van der Waals surface area contributed by atoms with Gasteiger partial charge in [0.15, 0.2) is 5.11 Å². The quantitative estimate of drug-likeness (QED) is 0.776. The highest BCUT2D eigenvalue weighted by Gasteiger charge is 2.58. The van der Waals surface area contributed by atoms with Gasteiger partial charge in [0.2, 0.25) is 0 Å². The molecule has 0 atom stereocenters. The maximum atomic E-state index is 13.1. The van der Waals surface area contributed by atoms with Gasteiger partial charge >= 0.3 is 6.09 Å². The van der Waals surface area contributed by atoms with Crippen LogP contribution in [0.2, 0.25) is 0 Å². The lowest BCUT2D eigenvalue weighted by atomic mass is 9.80. The summed E-state index contributed by atoms with van der Waals surface area (Å²) in [7, 11) is 0. The van der Waals surface area contributed by atoms with Gasteiger partial charge in [-0.2, -0.15) is 4.90 Å². The van der Waals surface area contributed by atoms with E-state index in [2.05, 4.69) is 0 Å². The zero-order valence-corrected chi connectivity index (χ0v) is 14.0. The third kappa shape index (κ3) is 2.51. The maximum Gasteiger partial charge on any atom is 0.423 e. The molecule has 0 aromatic heterocycles. The first-order valence-corrected chi connectivity index (χ1v) is 8.43. The monoisotopic (exact) mass is 332 g/mol. The Morgan fingerprint density at radius 1 is 1.22 bits per heavy atom. The van der Waals surface area contributed by atoms with Crippen LogP contribution in [-0.2, 0) is 9.53 Å². The fourth-order valence-corrected chi connectivity index (χ4v) is 3.97. The predicted molar refractivity (Wildman–Crippen MR) is 91.2 cm³/mol.